The fraction of sp³-hybridized carbons (Fsp3) is 0.286. The van der Waals surface area contributed by atoms with Gasteiger partial charge in [-0.1, -0.05) is 42.5 Å². The summed E-state index contributed by atoms with van der Waals surface area (Å²) in [5.41, 5.74) is 0.0952. The molecule has 0 bridgehead atoms. The molecule has 3 rings (SSSR count). The van der Waals surface area contributed by atoms with Crippen molar-refractivity contribution in [3.05, 3.63) is 48.0 Å². The second-order valence-corrected chi connectivity index (χ2v) is 4.51. The summed E-state index contributed by atoms with van der Waals surface area (Å²) >= 11 is 0. The molecule has 1 aliphatic heterocycles. The van der Waals surface area contributed by atoms with Gasteiger partial charge in [-0.2, -0.15) is 0 Å². The summed E-state index contributed by atoms with van der Waals surface area (Å²) < 4.78 is 4.85. The Morgan fingerprint density at radius 2 is 1.88 bits per heavy atom. The van der Waals surface area contributed by atoms with Gasteiger partial charge in [-0.25, -0.2) is 0 Å². The average Bonchev–Trinajstić information content (AvgIpc) is 2.64. The van der Waals surface area contributed by atoms with Crippen LogP contribution in [0.15, 0.2) is 42.5 Å². The molecule has 0 saturated carbocycles. The van der Waals surface area contributed by atoms with Gasteiger partial charge < -0.3 is 4.74 Å². The molecular formula is C14H12O3. The summed E-state index contributed by atoms with van der Waals surface area (Å²) in [7, 11) is 0. The topological polar surface area (TPSA) is 43.4 Å². The monoisotopic (exact) mass is 228 g/mol. The third kappa shape index (κ3) is 1.28. The van der Waals surface area contributed by atoms with Crippen LogP contribution in [0.3, 0.4) is 0 Å². The summed E-state index contributed by atoms with van der Waals surface area (Å²) in [6.07, 6.45) is 5.04. The van der Waals surface area contributed by atoms with Crippen LogP contribution in [0.1, 0.15) is 18.4 Å². The molecule has 1 aromatic rings. The Labute approximate surface area is 99.1 Å². The van der Waals surface area contributed by atoms with Crippen molar-refractivity contribution < 1.29 is 14.3 Å². The Balaban J connectivity index is 2.18. The lowest BCUT2D eigenvalue weighted by molar-refractivity contribution is -0.154. The average molecular weight is 228 g/mol. The summed E-state index contributed by atoms with van der Waals surface area (Å²) in [6.45, 7) is 0. The lowest BCUT2D eigenvalue weighted by atomic mass is 9.66. The lowest BCUT2D eigenvalue weighted by Crippen LogP contribution is -2.39. The Hall–Kier alpha value is -1.90. The Kier molecular flexibility index (Phi) is 2.15. The number of hydrogen-bond donors (Lipinski definition) is 0. The number of benzene rings is 1. The molecule has 1 aromatic carbocycles. The molecule has 0 radical (unpaired) electrons. The third-order valence-corrected chi connectivity index (χ3v) is 3.70. The van der Waals surface area contributed by atoms with Crippen molar-refractivity contribution >= 4 is 11.9 Å². The van der Waals surface area contributed by atoms with E-state index in [0.29, 0.717) is 12.8 Å². The Bertz CT molecular complexity index is 503. The smallest absolute Gasteiger partial charge is 0.325 e. The van der Waals surface area contributed by atoms with Crippen molar-refractivity contribution in [2.24, 2.45) is 5.92 Å². The molecule has 0 aromatic heterocycles. The van der Waals surface area contributed by atoms with E-state index in [4.69, 9.17) is 4.74 Å². The second-order valence-electron chi connectivity index (χ2n) is 4.51. The minimum atomic E-state index is -0.785. The summed E-state index contributed by atoms with van der Waals surface area (Å²) in [4.78, 5) is 23.8. The zero-order valence-electron chi connectivity index (χ0n) is 9.26. The molecule has 3 nitrogen and oxygen atoms in total. The zero-order chi connectivity index (χ0) is 11.9. The van der Waals surface area contributed by atoms with Crippen LogP contribution in [0, 0.1) is 5.92 Å². The molecule has 1 saturated heterocycles. The highest BCUT2D eigenvalue weighted by Crippen LogP contribution is 2.46. The van der Waals surface area contributed by atoms with E-state index in [-0.39, 0.29) is 11.9 Å². The molecule has 0 unspecified atom stereocenters. The van der Waals surface area contributed by atoms with Crippen molar-refractivity contribution in [1.82, 2.24) is 0 Å². The number of carbonyl (C=O) groups is 2. The zero-order valence-corrected chi connectivity index (χ0v) is 9.26. The van der Waals surface area contributed by atoms with E-state index in [1.54, 1.807) is 0 Å². The molecule has 1 fully saturated rings. The predicted molar refractivity (Wildman–Crippen MR) is 61.1 cm³/mol. The van der Waals surface area contributed by atoms with E-state index in [1.165, 1.54) is 0 Å². The molecule has 1 aliphatic carbocycles. The predicted octanol–water partition coefficient (Wildman–Crippen LogP) is 1.97. The largest absolute Gasteiger partial charge is 0.392 e. The van der Waals surface area contributed by atoms with Crippen LogP contribution in [0.25, 0.3) is 0 Å². The standard InChI is InChI=1S/C14H12O3/c15-12-11-8-4-5-9-14(11,13(16)17-12)10-6-2-1-3-7-10/h1-7,11H,8-9H2/t11-,14+/m0/s1. The number of rotatable bonds is 1. The highest BCUT2D eigenvalue weighted by atomic mass is 16.6. The Morgan fingerprint density at radius 3 is 2.65 bits per heavy atom. The van der Waals surface area contributed by atoms with Crippen LogP contribution in [0.2, 0.25) is 0 Å². The second kappa shape index (κ2) is 3.55. The molecule has 2 aliphatic rings. The minimum absolute atomic E-state index is 0.359. The highest BCUT2D eigenvalue weighted by Gasteiger charge is 2.58. The summed E-state index contributed by atoms with van der Waals surface area (Å²) in [5, 5.41) is 0. The SMILES string of the molecule is O=C1OC(=O)[C@@]2(c3ccccc3)CC=CC[C@@H]12. The van der Waals surface area contributed by atoms with E-state index >= 15 is 0 Å². The van der Waals surface area contributed by atoms with Crippen LogP contribution in [0.4, 0.5) is 0 Å². The lowest BCUT2D eigenvalue weighted by Gasteiger charge is -2.31. The quantitative estimate of drug-likeness (QED) is 0.419. The van der Waals surface area contributed by atoms with E-state index in [0.717, 1.165) is 5.56 Å². The fourth-order valence-electron chi connectivity index (χ4n) is 2.79. The number of ether oxygens (including phenoxy) is 1. The fourth-order valence-corrected chi connectivity index (χ4v) is 2.79. The molecule has 3 heteroatoms. The molecule has 0 spiro atoms. The van der Waals surface area contributed by atoms with Crippen LogP contribution in [-0.2, 0) is 19.7 Å². The first-order chi connectivity index (χ1) is 8.25. The number of carbonyl (C=O) groups excluding carboxylic acids is 2. The van der Waals surface area contributed by atoms with E-state index in [1.807, 2.05) is 42.5 Å². The first-order valence-electron chi connectivity index (χ1n) is 5.72. The number of fused-ring (bicyclic) bond motifs is 1. The molecule has 17 heavy (non-hydrogen) atoms. The molecule has 0 amide bonds. The van der Waals surface area contributed by atoms with Gasteiger partial charge in [0.1, 0.15) is 5.41 Å². The molecule has 86 valence electrons. The maximum absolute atomic E-state index is 12.1. The number of cyclic esters (lactones) is 2. The maximum Gasteiger partial charge on any atom is 0.325 e. The number of esters is 2. The van der Waals surface area contributed by atoms with Gasteiger partial charge >= 0.3 is 11.9 Å². The van der Waals surface area contributed by atoms with Crippen LogP contribution >= 0.6 is 0 Å². The van der Waals surface area contributed by atoms with E-state index < -0.39 is 11.4 Å². The van der Waals surface area contributed by atoms with Gasteiger partial charge in [-0.05, 0) is 18.4 Å². The van der Waals surface area contributed by atoms with Gasteiger partial charge in [0.05, 0.1) is 5.92 Å². The van der Waals surface area contributed by atoms with Gasteiger partial charge in [0.25, 0.3) is 0 Å². The van der Waals surface area contributed by atoms with E-state index in [9.17, 15) is 9.59 Å². The number of allylic oxidation sites excluding steroid dienone is 2. The van der Waals surface area contributed by atoms with Crippen LogP contribution in [-0.4, -0.2) is 11.9 Å². The summed E-state index contributed by atoms with van der Waals surface area (Å²) in [6, 6.07) is 9.46. The van der Waals surface area contributed by atoms with Crippen molar-refractivity contribution in [3.63, 3.8) is 0 Å². The molecular weight excluding hydrogens is 216 g/mol. The molecule has 0 N–H and O–H groups in total. The normalized spacial score (nSPS) is 31.2. The number of hydrogen-bond acceptors (Lipinski definition) is 3. The molecule has 2 atom stereocenters. The first-order valence-corrected chi connectivity index (χ1v) is 5.72. The Morgan fingerprint density at radius 1 is 1.12 bits per heavy atom. The van der Waals surface area contributed by atoms with Crippen LogP contribution < -0.4 is 0 Å². The van der Waals surface area contributed by atoms with Crippen LogP contribution in [0.5, 0.6) is 0 Å². The van der Waals surface area contributed by atoms with Crippen molar-refractivity contribution in [2.75, 3.05) is 0 Å². The third-order valence-electron chi connectivity index (χ3n) is 3.70. The maximum atomic E-state index is 12.1. The van der Waals surface area contributed by atoms with Gasteiger partial charge in [-0.3, -0.25) is 9.59 Å². The van der Waals surface area contributed by atoms with E-state index in [2.05, 4.69) is 0 Å². The minimum Gasteiger partial charge on any atom is -0.392 e. The van der Waals surface area contributed by atoms with Gasteiger partial charge in [0.15, 0.2) is 0 Å². The first kappa shape index (κ1) is 10.3. The van der Waals surface area contributed by atoms with Gasteiger partial charge in [0.2, 0.25) is 0 Å². The van der Waals surface area contributed by atoms with Gasteiger partial charge in [0, 0.05) is 0 Å². The summed E-state index contributed by atoms with van der Waals surface area (Å²) in [5.74, 6) is -1.14. The van der Waals surface area contributed by atoms with Crippen molar-refractivity contribution in [3.8, 4) is 0 Å². The highest BCUT2D eigenvalue weighted by molar-refractivity contribution is 6.03. The molecule has 1 heterocycles. The van der Waals surface area contributed by atoms with Gasteiger partial charge in [-0.15, -0.1) is 0 Å². The van der Waals surface area contributed by atoms with Crippen molar-refractivity contribution in [1.29, 1.82) is 0 Å². The van der Waals surface area contributed by atoms with Crippen molar-refractivity contribution in [2.45, 2.75) is 18.3 Å².